The van der Waals surface area contributed by atoms with Gasteiger partial charge in [0.2, 0.25) is 11.8 Å². The fraction of sp³-hybridized carbons (Fsp3) is 0.286. The Balaban J connectivity index is 1.59. The van der Waals surface area contributed by atoms with Crippen LogP contribution in [-0.4, -0.2) is 21.4 Å². The quantitative estimate of drug-likeness (QED) is 0.639. The first-order chi connectivity index (χ1) is 12.9. The molecule has 1 N–H and O–H groups in total. The first-order valence-electron chi connectivity index (χ1n) is 8.83. The average Bonchev–Trinajstić information content (AvgIpc) is 3.08. The third kappa shape index (κ3) is 5.20. The van der Waals surface area contributed by atoms with E-state index in [-0.39, 0.29) is 11.2 Å². The molecular formula is C21H23N3O2S. The number of carbonyl (C=O) groups is 1. The fourth-order valence-electron chi connectivity index (χ4n) is 2.72. The summed E-state index contributed by atoms with van der Waals surface area (Å²) < 4.78 is 5.74. The molecule has 0 aliphatic carbocycles. The van der Waals surface area contributed by atoms with Crippen molar-refractivity contribution in [3.05, 3.63) is 64.7 Å². The van der Waals surface area contributed by atoms with Crippen LogP contribution in [0.5, 0.6) is 0 Å². The van der Waals surface area contributed by atoms with Crippen LogP contribution in [0.3, 0.4) is 0 Å². The Labute approximate surface area is 163 Å². The summed E-state index contributed by atoms with van der Waals surface area (Å²) in [5.74, 6) is 0.406. The lowest BCUT2D eigenvalue weighted by molar-refractivity contribution is -0.120. The SMILES string of the molecule is Cc1ccc(CNC(=O)C(C)Sc2nnc(-c3cc(C)cc(C)c3)o2)cc1. The standard InChI is InChI=1S/C21H23N3O2S/c1-13-5-7-17(8-6-13)12-22-19(25)16(4)27-21-24-23-20(26-21)18-10-14(2)9-15(3)11-18/h5-11,16H,12H2,1-4H3,(H,22,25). The third-order valence-corrected chi connectivity index (χ3v) is 5.04. The maximum Gasteiger partial charge on any atom is 0.277 e. The van der Waals surface area contributed by atoms with Crippen molar-refractivity contribution in [2.24, 2.45) is 0 Å². The van der Waals surface area contributed by atoms with Gasteiger partial charge < -0.3 is 9.73 Å². The van der Waals surface area contributed by atoms with E-state index in [0.717, 1.165) is 22.3 Å². The molecule has 1 heterocycles. The van der Waals surface area contributed by atoms with Crippen molar-refractivity contribution in [3.63, 3.8) is 0 Å². The van der Waals surface area contributed by atoms with Crippen LogP contribution in [0.4, 0.5) is 0 Å². The van der Waals surface area contributed by atoms with Crippen LogP contribution in [0.2, 0.25) is 0 Å². The molecule has 0 aliphatic heterocycles. The lowest BCUT2D eigenvalue weighted by atomic mass is 10.1. The zero-order valence-corrected chi connectivity index (χ0v) is 16.8. The monoisotopic (exact) mass is 381 g/mol. The molecule has 5 nitrogen and oxygen atoms in total. The second kappa shape index (κ2) is 8.39. The molecule has 0 radical (unpaired) electrons. The number of aryl methyl sites for hydroxylation is 3. The number of aromatic nitrogens is 2. The van der Waals surface area contributed by atoms with Crippen LogP contribution >= 0.6 is 11.8 Å². The lowest BCUT2D eigenvalue weighted by Gasteiger charge is -2.10. The van der Waals surface area contributed by atoms with Gasteiger partial charge in [-0.3, -0.25) is 4.79 Å². The topological polar surface area (TPSA) is 68.0 Å². The normalized spacial score (nSPS) is 12.0. The molecular weight excluding hydrogens is 358 g/mol. The minimum atomic E-state index is -0.331. The van der Waals surface area contributed by atoms with Gasteiger partial charge in [-0.15, -0.1) is 10.2 Å². The Morgan fingerprint density at radius 1 is 1.04 bits per heavy atom. The molecule has 140 valence electrons. The van der Waals surface area contributed by atoms with Gasteiger partial charge in [0.1, 0.15) is 0 Å². The Bertz CT molecular complexity index is 915. The summed E-state index contributed by atoms with van der Waals surface area (Å²) in [6.07, 6.45) is 0. The van der Waals surface area contributed by atoms with Gasteiger partial charge in [0.05, 0.1) is 5.25 Å². The van der Waals surface area contributed by atoms with Crippen molar-refractivity contribution in [1.82, 2.24) is 15.5 Å². The number of hydrogen-bond acceptors (Lipinski definition) is 5. The van der Waals surface area contributed by atoms with Crippen molar-refractivity contribution >= 4 is 17.7 Å². The average molecular weight is 382 g/mol. The summed E-state index contributed by atoms with van der Waals surface area (Å²) in [6, 6.07) is 14.2. The molecule has 0 aliphatic rings. The van der Waals surface area contributed by atoms with Crippen molar-refractivity contribution in [1.29, 1.82) is 0 Å². The van der Waals surface area contributed by atoms with Gasteiger partial charge in [-0.25, -0.2) is 0 Å². The van der Waals surface area contributed by atoms with E-state index in [9.17, 15) is 4.79 Å². The molecule has 0 spiro atoms. The highest BCUT2D eigenvalue weighted by atomic mass is 32.2. The van der Waals surface area contributed by atoms with E-state index >= 15 is 0 Å². The fourth-order valence-corrected chi connectivity index (χ4v) is 3.42. The van der Waals surface area contributed by atoms with Gasteiger partial charge in [-0.05, 0) is 45.4 Å². The summed E-state index contributed by atoms with van der Waals surface area (Å²) in [7, 11) is 0. The number of rotatable bonds is 6. The number of thioether (sulfide) groups is 1. The van der Waals surface area contributed by atoms with Crippen LogP contribution < -0.4 is 5.32 Å². The van der Waals surface area contributed by atoms with Crippen LogP contribution in [0.25, 0.3) is 11.5 Å². The number of nitrogens with one attached hydrogen (secondary N) is 1. The van der Waals surface area contributed by atoms with Crippen molar-refractivity contribution in [3.8, 4) is 11.5 Å². The molecule has 1 amide bonds. The zero-order valence-electron chi connectivity index (χ0n) is 15.9. The predicted molar refractivity (Wildman–Crippen MR) is 108 cm³/mol. The molecule has 1 unspecified atom stereocenters. The van der Waals surface area contributed by atoms with Crippen molar-refractivity contribution < 1.29 is 9.21 Å². The predicted octanol–water partition coefficient (Wildman–Crippen LogP) is 4.46. The first kappa shape index (κ1) is 19.2. The number of hydrogen-bond donors (Lipinski definition) is 1. The molecule has 2 aromatic carbocycles. The van der Waals surface area contributed by atoms with Gasteiger partial charge in [0.15, 0.2) is 0 Å². The molecule has 27 heavy (non-hydrogen) atoms. The molecule has 1 aromatic heterocycles. The second-order valence-electron chi connectivity index (χ2n) is 6.71. The molecule has 6 heteroatoms. The highest BCUT2D eigenvalue weighted by molar-refractivity contribution is 8.00. The van der Waals surface area contributed by atoms with Crippen molar-refractivity contribution in [2.75, 3.05) is 0 Å². The molecule has 0 fully saturated rings. The highest BCUT2D eigenvalue weighted by Crippen LogP contribution is 2.27. The second-order valence-corrected chi connectivity index (χ2v) is 8.01. The molecule has 0 saturated carbocycles. The molecule has 0 bridgehead atoms. The van der Waals surface area contributed by atoms with Crippen molar-refractivity contribution in [2.45, 2.75) is 44.7 Å². The minimum Gasteiger partial charge on any atom is -0.411 e. The van der Waals surface area contributed by atoms with Crippen LogP contribution in [0, 0.1) is 20.8 Å². The number of benzene rings is 2. The Morgan fingerprint density at radius 3 is 2.37 bits per heavy atom. The van der Waals surface area contributed by atoms with Gasteiger partial charge >= 0.3 is 0 Å². The van der Waals surface area contributed by atoms with Gasteiger partial charge in [0, 0.05) is 12.1 Å². The van der Waals surface area contributed by atoms with Crippen LogP contribution in [0.1, 0.15) is 29.2 Å². The number of nitrogens with zero attached hydrogens (tertiary/aromatic N) is 2. The molecule has 3 aromatic rings. The Kier molecular flexibility index (Phi) is 5.96. The number of amides is 1. The van der Waals surface area contributed by atoms with Gasteiger partial charge in [-0.2, -0.15) is 0 Å². The Morgan fingerprint density at radius 2 is 1.70 bits per heavy atom. The summed E-state index contributed by atoms with van der Waals surface area (Å²) in [5, 5.41) is 11.2. The van der Waals surface area contributed by atoms with E-state index in [0.29, 0.717) is 17.7 Å². The maximum absolute atomic E-state index is 12.3. The lowest BCUT2D eigenvalue weighted by Crippen LogP contribution is -2.30. The van der Waals surface area contributed by atoms with E-state index < -0.39 is 0 Å². The summed E-state index contributed by atoms with van der Waals surface area (Å²) in [4.78, 5) is 12.3. The third-order valence-electron chi connectivity index (χ3n) is 4.11. The zero-order chi connectivity index (χ0) is 19.4. The van der Waals surface area contributed by atoms with Crippen LogP contribution in [-0.2, 0) is 11.3 Å². The first-order valence-corrected chi connectivity index (χ1v) is 9.71. The van der Waals surface area contributed by atoms with Gasteiger partial charge in [0.25, 0.3) is 5.22 Å². The highest BCUT2D eigenvalue weighted by Gasteiger charge is 2.18. The molecule has 3 rings (SSSR count). The molecule has 1 atom stereocenters. The summed E-state index contributed by atoms with van der Waals surface area (Å²) in [6.45, 7) is 8.43. The van der Waals surface area contributed by atoms with Gasteiger partial charge in [-0.1, -0.05) is 58.8 Å². The van der Waals surface area contributed by atoms with E-state index in [1.54, 1.807) is 0 Å². The maximum atomic E-state index is 12.3. The molecule has 0 saturated heterocycles. The summed E-state index contributed by atoms with van der Waals surface area (Å²) >= 11 is 1.26. The minimum absolute atomic E-state index is 0.0632. The van der Waals surface area contributed by atoms with E-state index in [1.807, 2.05) is 64.1 Å². The largest absolute Gasteiger partial charge is 0.411 e. The summed E-state index contributed by atoms with van der Waals surface area (Å²) in [5.41, 5.74) is 5.44. The van der Waals surface area contributed by atoms with E-state index in [1.165, 1.54) is 17.3 Å². The van der Waals surface area contributed by atoms with E-state index in [2.05, 4.69) is 21.6 Å². The number of carbonyl (C=O) groups excluding carboxylic acids is 1. The smallest absolute Gasteiger partial charge is 0.277 e. The van der Waals surface area contributed by atoms with Crippen LogP contribution in [0.15, 0.2) is 52.1 Å². The van der Waals surface area contributed by atoms with E-state index in [4.69, 9.17) is 4.42 Å². The Hall–Kier alpha value is -2.60.